The second-order valence-corrected chi connectivity index (χ2v) is 3.65. The fourth-order valence-electron chi connectivity index (χ4n) is 1.83. The Kier molecular flexibility index (Phi) is 3.53. The van der Waals surface area contributed by atoms with Crippen molar-refractivity contribution in [3.05, 3.63) is 0 Å². The van der Waals surface area contributed by atoms with Gasteiger partial charge in [0.15, 0.2) is 0 Å². The van der Waals surface area contributed by atoms with Gasteiger partial charge in [0, 0.05) is 19.2 Å². The molecule has 0 aromatic rings. The molecule has 0 saturated carbocycles. The van der Waals surface area contributed by atoms with Gasteiger partial charge in [0.25, 0.3) is 0 Å². The van der Waals surface area contributed by atoms with E-state index in [0.29, 0.717) is 5.92 Å². The minimum atomic E-state index is 0.184. The van der Waals surface area contributed by atoms with Crippen molar-refractivity contribution in [3.63, 3.8) is 0 Å². The van der Waals surface area contributed by atoms with Crippen molar-refractivity contribution in [2.45, 2.75) is 32.2 Å². The number of hydrogen-bond acceptors (Lipinski definition) is 2. The quantitative estimate of drug-likeness (QED) is 0.632. The van der Waals surface area contributed by atoms with E-state index in [2.05, 4.69) is 6.92 Å². The highest BCUT2D eigenvalue weighted by atomic mass is 16.3. The van der Waals surface area contributed by atoms with Crippen LogP contribution in [0.4, 0.5) is 0 Å². The molecule has 12 heavy (non-hydrogen) atoms. The first-order chi connectivity index (χ1) is 5.77. The van der Waals surface area contributed by atoms with Crippen LogP contribution < -0.4 is 0 Å². The molecule has 1 heterocycles. The van der Waals surface area contributed by atoms with E-state index in [1.807, 2.05) is 4.90 Å². The number of amides is 1. The van der Waals surface area contributed by atoms with E-state index >= 15 is 0 Å². The van der Waals surface area contributed by atoms with E-state index in [1.54, 1.807) is 0 Å². The second kappa shape index (κ2) is 4.45. The second-order valence-electron chi connectivity index (χ2n) is 3.65. The molecule has 0 aliphatic carbocycles. The zero-order valence-corrected chi connectivity index (χ0v) is 7.57. The Labute approximate surface area is 73.4 Å². The molecular formula is C9H17NO2. The Balaban J connectivity index is 2.44. The predicted molar refractivity (Wildman–Crippen MR) is 46.7 cm³/mol. The number of aliphatic hydroxyl groups is 1. The maximum absolute atomic E-state index is 10.6. The summed E-state index contributed by atoms with van der Waals surface area (Å²) in [4.78, 5) is 12.5. The molecule has 1 aliphatic rings. The molecule has 2 atom stereocenters. The third-order valence-corrected chi connectivity index (χ3v) is 2.58. The summed E-state index contributed by atoms with van der Waals surface area (Å²) in [6.07, 6.45) is 3.86. The van der Waals surface area contributed by atoms with E-state index in [4.69, 9.17) is 5.11 Å². The molecular weight excluding hydrogens is 154 g/mol. The van der Waals surface area contributed by atoms with Crippen LogP contribution in [-0.2, 0) is 4.79 Å². The van der Waals surface area contributed by atoms with Crippen LogP contribution in [0.5, 0.6) is 0 Å². The topological polar surface area (TPSA) is 40.5 Å². The summed E-state index contributed by atoms with van der Waals surface area (Å²) in [7, 11) is 0. The van der Waals surface area contributed by atoms with E-state index in [-0.39, 0.29) is 12.6 Å². The van der Waals surface area contributed by atoms with E-state index < -0.39 is 0 Å². The lowest BCUT2D eigenvalue weighted by molar-refractivity contribution is -0.122. The maximum Gasteiger partial charge on any atom is 0.209 e. The standard InChI is InChI=1S/C9H17NO2/c1-8-2-3-9(4-5-11)10(6-8)7-12/h7-9,11H,2-6H2,1H3. The lowest BCUT2D eigenvalue weighted by atomic mass is 9.93. The van der Waals surface area contributed by atoms with Crippen molar-refractivity contribution in [1.82, 2.24) is 4.90 Å². The molecule has 3 nitrogen and oxygen atoms in total. The molecule has 1 aliphatic heterocycles. The summed E-state index contributed by atoms with van der Waals surface area (Å²) < 4.78 is 0. The molecule has 0 aromatic heterocycles. The van der Waals surface area contributed by atoms with Gasteiger partial charge in [-0.3, -0.25) is 4.79 Å². The van der Waals surface area contributed by atoms with E-state index in [0.717, 1.165) is 25.8 Å². The molecule has 1 saturated heterocycles. The summed E-state index contributed by atoms with van der Waals surface area (Å²) in [6.45, 7) is 3.20. The third kappa shape index (κ3) is 2.21. The number of hydrogen-bond donors (Lipinski definition) is 1. The number of carbonyl (C=O) groups excluding carboxylic acids is 1. The van der Waals surface area contributed by atoms with Gasteiger partial charge in [-0.1, -0.05) is 6.92 Å². The van der Waals surface area contributed by atoms with Crippen LogP contribution in [0.2, 0.25) is 0 Å². The van der Waals surface area contributed by atoms with Crippen LogP contribution >= 0.6 is 0 Å². The lowest BCUT2D eigenvalue weighted by Gasteiger charge is -2.35. The van der Waals surface area contributed by atoms with Gasteiger partial charge in [0.2, 0.25) is 6.41 Å². The van der Waals surface area contributed by atoms with Crippen LogP contribution in [0.1, 0.15) is 26.2 Å². The fraction of sp³-hybridized carbons (Fsp3) is 0.889. The van der Waals surface area contributed by atoms with Crippen LogP contribution in [0.25, 0.3) is 0 Å². The normalized spacial score (nSPS) is 30.3. The van der Waals surface area contributed by atoms with Crippen LogP contribution in [0, 0.1) is 5.92 Å². The monoisotopic (exact) mass is 171 g/mol. The Morgan fingerprint density at radius 2 is 2.33 bits per heavy atom. The average molecular weight is 171 g/mol. The van der Waals surface area contributed by atoms with E-state index in [1.165, 1.54) is 6.42 Å². The van der Waals surface area contributed by atoms with Crippen molar-refractivity contribution in [1.29, 1.82) is 0 Å². The van der Waals surface area contributed by atoms with Gasteiger partial charge in [-0.05, 0) is 25.2 Å². The summed E-state index contributed by atoms with van der Waals surface area (Å²) >= 11 is 0. The van der Waals surface area contributed by atoms with Gasteiger partial charge in [-0.15, -0.1) is 0 Å². The molecule has 1 fully saturated rings. The van der Waals surface area contributed by atoms with Gasteiger partial charge < -0.3 is 10.0 Å². The van der Waals surface area contributed by atoms with Crippen molar-refractivity contribution in [2.75, 3.05) is 13.2 Å². The van der Waals surface area contributed by atoms with Crippen LogP contribution in [0.3, 0.4) is 0 Å². The molecule has 3 heteroatoms. The first-order valence-electron chi connectivity index (χ1n) is 4.59. The van der Waals surface area contributed by atoms with Crippen molar-refractivity contribution >= 4 is 6.41 Å². The summed E-state index contributed by atoms with van der Waals surface area (Å²) in [5, 5.41) is 8.76. The molecule has 70 valence electrons. The largest absolute Gasteiger partial charge is 0.396 e. The molecule has 1 rings (SSSR count). The Morgan fingerprint density at radius 1 is 1.58 bits per heavy atom. The summed E-state index contributed by atoms with van der Waals surface area (Å²) in [5.74, 6) is 0.616. The Bertz CT molecular complexity index is 149. The molecule has 0 aromatic carbocycles. The molecule has 2 unspecified atom stereocenters. The molecule has 0 radical (unpaired) electrons. The van der Waals surface area contributed by atoms with Crippen molar-refractivity contribution in [2.24, 2.45) is 5.92 Å². The SMILES string of the molecule is CC1CCC(CCO)N(C=O)C1. The smallest absolute Gasteiger partial charge is 0.209 e. The predicted octanol–water partition coefficient (Wildman–Crippen LogP) is 0.626. The number of nitrogens with zero attached hydrogens (tertiary/aromatic N) is 1. The summed E-state index contributed by atoms with van der Waals surface area (Å²) in [6, 6.07) is 0.281. The van der Waals surface area contributed by atoms with Gasteiger partial charge >= 0.3 is 0 Å². The summed E-state index contributed by atoms with van der Waals surface area (Å²) in [5.41, 5.74) is 0. The molecule has 1 N–H and O–H groups in total. The van der Waals surface area contributed by atoms with Gasteiger partial charge in [-0.2, -0.15) is 0 Å². The number of aliphatic hydroxyl groups excluding tert-OH is 1. The fourth-order valence-corrected chi connectivity index (χ4v) is 1.83. The Morgan fingerprint density at radius 3 is 2.92 bits per heavy atom. The minimum Gasteiger partial charge on any atom is -0.396 e. The van der Waals surface area contributed by atoms with Gasteiger partial charge in [-0.25, -0.2) is 0 Å². The number of piperidine rings is 1. The number of likely N-dealkylation sites (tertiary alicyclic amines) is 1. The Hall–Kier alpha value is -0.570. The van der Waals surface area contributed by atoms with Crippen LogP contribution in [-0.4, -0.2) is 35.6 Å². The zero-order valence-electron chi connectivity index (χ0n) is 7.57. The molecule has 0 spiro atoms. The van der Waals surface area contributed by atoms with Crippen molar-refractivity contribution in [3.8, 4) is 0 Å². The van der Waals surface area contributed by atoms with Crippen LogP contribution in [0.15, 0.2) is 0 Å². The molecule has 0 bridgehead atoms. The maximum atomic E-state index is 10.6. The highest BCUT2D eigenvalue weighted by molar-refractivity contribution is 5.48. The van der Waals surface area contributed by atoms with Gasteiger partial charge in [0.05, 0.1) is 0 Å². The van der Waals surface area contributed by atoms with Crippen molar-refractivity contribution < 1.29 is 9.90 Å². The highest BCUT2D eigenvalue weighted by Gasteiger charge is 2.23. The molecule has 1 amide bonds. The zero-order chi connectivity index (χ0) is 8.97. The first-order valence-corrected chi connectivity index (χ1v) is 4.59. The first kappa shape index (κ1) is 9.52. The lowest BCUT2D eigenvalue weighted by Crippen LogP contribution is -2.42. The number of rotatable bonds is 3. The van der Waals surface area contributed by atoms with E-state index in [9.17, 15) is 4.79 Å². The minimum absolute atomic E-state index is 0.184. The number of carbonyl (C=O) groups is 1. The van der Waals surface area contributed by atoms with Gasteiger partial charge in [0.1, 0.15) is 0 Å². The third-order valence-electron chi connectivity index (χ3n) is 2.58. The highest BCUT2D eigenvalue weighted by Crippen LogP contribution is 2.21. The average Bonchev–Trinajstić information content (AvgIpc) is 2.08.